The zero-order valence-corrected chi connectivity index (χ0v) is 12.1. The van der Waals surface area contributed by atoms with Gasteiger partial charge in [-0.15, -0.1) is 0 Å². The van der Waals surface area contributed by atoms with E-state index in [9.17, 15) is 5.26 Å². The van der Waals surface area contributed by atoms with Crippen molar-refractivity contribution in [1.82, 2.24) is 4.98 Å². The van der Waals surface area contributed by atoms with Gasteiger partial charge in [0.15, 0.2) is 0 Å². The van der Waals surface area contributed by atoms with Gasteiger partial charge in [0.1, 0.15) is 6.07 Å². The Hall–Kier alpha value is -2.12. The fourth-order valence-electron chi connectivity index (χ4n) is 3.31. The Bertz CT molecular complexity index is 672. The zero-order valence-electron chi connectivity index (χ0n) is 12.1. The van der Waals surface area contributed by atoms with E-state index in [-0.39, 0.29) is 0 Å². The van der Waals surface area contributed by atoms with Crippen LogP contribution in [0.5, 0.6) is 0 Å². The quantitative estimate of drug-likeness (QED) is 0.939. The summed E-state index contributed by atoms with van der Waals surface area (Å²) in [6.45, 7) is 1.68. The third-order valence-corrected chi connectivity index (χ3v) is 4.28. The molecule has 1 aromatic carbocycles. The zero-order chi connectivity index (χ0) is 14.7. The van der Waals surface area contributed by atoms with E-state index >= 15 is 0 Å². The first kappa shape index (κ1) is 13.8. The summed E-state index contributed by atoms with van der Waals surface area (Å²) in [5, 5.41) is 10.6. The standard InChI is InChI=1S/C17H20N4/c18-9-8-14-5-3-4-10-21(14)17-13(11-19)12-20-16-7-2-1-6-15(16)17/h1-2,6-7,12,14H,3-5,8-10,18H2. The molecule has 4 heteroatoms. The minimum atomic E-state index is 0.432. The van der Waals surface area contributed by atoms with E-state index < -0.39 is 0 Å². The van der Waals surface area contributed by atoms with E-state index in [4.69, 9.17) is 5.73 Å². The minimum Gasteiger partial charge on any atom is -0.367 e. The molecule has 1 fully saturated rings. The molecule has 0 spiro atoms. The predicted molar refractivity (Wildman–Crippen MR) is 85.1 cm³/mol. The molecule has 2 aromatic rings. The van der Waals surface area contributed by atoms with Crippen LogP contribution in [0.4, 0.5) is 5.69 Å². The third-order valence-electron chi connectivity index (χ3n) is 4.28. The Morgan fingerprint density at radius 1 is 1.33 bits per heavy atom. The number of fused-ring (bicyclic) bond motifs is 1. The molecule has 21 heavy (non-hydrogen) atoms. The average molecular weight is 280 g/mol. The summed E-state index contributed by atoms with van der Waals surface area (Å²) in [7, 11) is 0. The van der Waals surface area contributed by atoms with Crippen LogP contribution in [0.2, 0.25) is 0 Å². The van der Waals surface area contributed by atoms with Crippen molar-refractivity contribution >= 4 is 16.6 Å². The van der Waals surface area contributed by atoms with Crippen molar-refractivity contribution in [2.24, 2.45) is 5.73 Å². The second-order valence-electron chi connectivity index (χ2n) is 5.57. The molecular weight excluding hydrogens is 260 g/mol. The second kappa shape index (κ2) is 6.11. The van der Waals surface area contributed by atoms with Crippen LogP contribution in [-0.4, -0.2) is 24.1 Å². The number of hydrogen-bond acceptors (Lipinski definition) is 4. The van der Waals surface area contributed by atoms with Crippen LogP contribution in [0, 0.1) is 11.3 Å². The van der Waals surface area contributed by atoms with Crippen molar-refractivity contribution in [3.8, 4) is 6.07 Å². The van der Waals surface area contributed by atoms with Crippen LogP contribution in [0.1, 0.15) is 31.2 Å². The number of nitriles is 1. The van der Waals surface area contributed by atoms with Gasteiger partial charge in [-0.3, -0.25) is 4.98 Å². The summed E-state index contributed by atoms with van der Waals surface area (Å²) in [6, 6.07) is 10.8. The smallest absolute Gasteiger partial charge is 0.103 e. The van der Waals surface area contributed by atoms with E-state index in [2.05, 4.69) is 22.0 Å². The minimum absolute atomic E-state index is 0.432. The van der Waals surface area contributed by atoms with Gasteiger partial charge in [0.2, 0.25) is 0 Å². The average Bonchev–Trinajstić information content (AvgIpc) is 2.55. The predicted octanol–water partition coefficient (Wildman–Crippen LogP) is 2.81. The topological polar surface area (TPSA) is 65.9 Å². The lowest BCUT2D eigenvalue weighted by Gasteiger charge is -2.38. The van der Waals surface area contributed by atoms with Crippen LogP contribution in [0.25, 0.3) is 10.9 Å². The molecule has 1 saturated heterocycles. The Morgan fingerprint density at radius 2 is 2.19 bits per heavy atom. The summed E-state index contributed by atoms with van der Waals surface area (Å²) in [5.41, 5.74) is 8.43. The highest BCUT2D eigenvalue weighted by Crippen LogP contribution is 2.34. The molecule has 1 unspecified atom stereocenters. The highest BCUT2D eigenvalue weighted by molar-refractivity contribution is 5.94. The van der Waals surface area contributed by atoms with E-state index in [1.54, 1.807) is 6.20 Å². The molecule has 0 saturated carbocycles. The number of nitrogens with two attached hydrogens (primary N) is 1. The van der Waals surface area contributed by atoms with Crippen molar-refractivity contribution < 1.29 is 0 Å². The Kier molecular flexibility index (Phi) is 4.03. The molecule has 1 atom stereocenters. The number of hydrogen-bond donors (Lipinski definition) is 1. The van der Waals surface area contributed by atoms with Crippen molar-refractivity contribution in [2.75, 3.05) is 18.0 Å². The van der Waals surface area contributed by atoms with Gasteiger partial charge in [0.25, 0.3) is 0 Å². The van der Waals surface area contributed by atoms with Crippen molar-refractivity contribution in [3.63, 3.8) is 0 Å². The molecule has 3 rings (SSSR count). The van der Waals surface area contributed by atoms with Gasteiger partial charge in [-0.05, 0) is 38.3 Å². The van der Waals surface area contributed by atoms with Crippen molar-refractivity contribution in [3.05, 3.63) is 36.0 Å². The number of aromatic nitrogens is 1. The number of anilines is 1. The SMILES string of the molecule is N#Cc1cnc2ccccc2c1N1CCCCC1CCN. The maximum Gasteiger partial charge on any atom is 0.103 e. The van der Waals surface area contributed by atoms with Gasteiger partial charge in [0.05, 0.1) is 16.8 Å². The summed E-state index contributed by atoms with van der Waals surface area (Å²) in [4.78, 5) is 6.79. The number of pyridine rings is 1. The van der Waals surface area contributed by atoms with E-state index in [1.165, 1.54) is 12.8 Å². The number of para-hydroxylation sites is 1. The maximum absolute atomic E-state index is 9.48. The largest absolute Gasteiger partial charge is 0.367 e. The number of benzene rings is 1. The Labute approximate surface area is 125 Å². The molecule has 1 aromatic heterocycles. The number of nitrogens with zero attached hydrogens (tertiary/aromatic N) is 3. The molecule has 0 aliphatic carbocycles. The van der Waals surface area contributed by atoms with Crippen molar-refractivity contribution in [1.29, 1.82) is 5.26 Å². The summed E-state index contributed by atoms with van der Waals surface area (Å²) in [5.74, 6) is 0. The van der Waals surface area contributed by atoms with E-state index in [0.29, 0.717) is 18.2 Å². The normalized spacial score (nSPS) is 18.7. The van der Waals surface area contributed by atoms with Crippen molar-refractivity contribution in [2.45, 2.75) is 31.7 Å². The van der Waals surface area contributed by atoms with Crippen LogP contribution in [0.15, 0.2) is 30.5 Å². The number of piperidine rings is 1. The van der Waals surface area contributed by atoms with Gasteiger partial charge in [-0.25, -0.2) is 0 Å². The van der Waals surface area contributed by atoms with Gasteiger partial charge in [-0.1, -0.05) is 18.2 Å². The second-order valence-corrected chi connectivity index (χ2v) is 5.57. The first-order valence-corrected chi connectivity index (χ1v) is 7.59. The van der Waals surface area contributed by atoms with E-state index in [1.807, 2.05) is 18.2 Å². The maximum atomic E-state index is 9.48. The first-order chi connectivity index (χ1) is 10.3. The molecule has 1 aliphatic rings. The monoisotopic (exact) mass is 280 g/mol. The fourth-order valence-corrected chi connectivity index (χ4v) is 3.31. The Morgan fingerprint density at radius 3 is 3.00 bits per heavy atom. The summed E-state index contributed by atoms with van der Waals surface area (Å²) >= 11 is 0. The highest BCUT2D eigenvalue weighted by atomic mass is 15.2. The lowest BCUT2D eigenvalue weighted by molar-refractivity contribution is 0.442. The lowest BCUT2D eigenvalue weighted by atomic mass is 9.96. The van der Waals surface area contributed by atoms with E-state index in [0.717, 1.165) is 36.0 Å². The molecule has 0 radical (unpaired) electrons. The Balaban J connectivity index is 2.14. The first-order valence-electron chi connectivity index (χ1n) is 7.59. The third kappa shape index (κ3) is 2.57. The highest BCUT2D eigenvalue weighted by Gasteiger charge is 2.25. The number of rotatable bonds is 3. The lowest BCUT2D eigenvalue weighted by Crippen LogP contribution is -2.41. The van der Waals surface area contributed by atoms with Gasteiger partial charge < -0.3 is 10.6 Å². The molecule has 2 heterocycles. The fraction of sp³-hybridized carbons (Fsp3) is 0.412. The van der Waals surface area contributed by atoms with Crippen LogP contribution < -0.4 is 10.6 Å². The van der Waals surface area contributed by atoms with Gasteiger partial charge >= 0.3 is 0 Å². The molecule has 0 amide bonds. The van der Waals surface area contributed by atoms with Gasteiger partial charge in [-0.2, -0.15) is 5.26 Å². The van der Waals surface area contributed by atoms with Crippen LogP contribution >= 0.6 is 0 Å². The summed E-state index contributed by atoms with van der Waals surface area (Å²) in [6.07, 6.45) is 6.24. The van der Waals surface area contributed by atoms with Crippen LogP contribution in [-0.2, 0) is 0 Å². The summed E-state index contributed by atoms with van der Waals surface area (Å²) < 4.78 is 0. The van der Waals surface area contributed by atoms with Crippen LogP contribution in [0.3, 0.4) is 0 Å². The molecule has 1 aliphatic heterocycles. The molecule has 0 bridgehead atoms. The van der Waals surface area contributed by atoms with Gasteiger partial charge in [0, 0.05) is 24.2 Å². The molecule has 2 N–H and O–H groups in total. The molecule has 108 valence electrons. The molecule has 4 nitrogen and oxygen atoms in total. The molecular formula is C17H20N4.